The maximum atomic E-state index is 12.0. The van der Waals surface area contributed by atoms with Crippen molar-refractivity contribution in [3.05, 3.63) is 0 Å². The van der Waals surface area contributed by atoms with Crippen molar-refractivity contribution in [2.24, 2.45) is 5.73 Å². The van der Waals surface area contributed by atoms with Crippen LogP contribution in [0.5, 0.6) is 0 Å². The SMILES string of the molecule is CC(C)(C)NC(=O)NC1(CN)CCCCCCC1. The van der Waals surface area contributed by atoms with Crippen LogP contribution in [-0.2, 0) is 0 Å². The zero-order valence-corrected chi connectivity index (χ0v) is 12.1. The molecule has 18 heavy (non-hydrogen) atoms. The fraction of sp³-hybridized carbons (Fsp3) is 0.929. The van der Waals surface area contributed by atoms with Crippen LogP contribution in [0.25, 0.3) is 0 Å². The first kappa shape index (κ1) is 15.3. The molecular weight excluding hydrogens is 226 g/mol. The summed E-state index contributed by atoms with van der Waals surface area (Å²) in [6.07, 6.45) is 8.14. The second-order valence-electron chi connectivity index (χ2n) is 6.58. The van der Waals surface area contributed by atoms with Crippen molar-refractivity contribution in [3.8, 4) is 0 Å². The number of nitrogens with two attached hydrogens (primary N) is 1. The summed E-state index contributed by atoms with van der Waals surface area (Å²) in [5.41, 5.74) is 5.52. The number of hydrogen-bond donors (Lipinski definition) is 3. The van der Waals surface area contributed by atoms with Gasteiger partial charge in [0.15, 0.2) is 0 Å². The monoisotopic (exact) mass is 255 g/mol. The number of rotatable bonds is 2. The predicted octanol–water partition coefficient (Wildman–Crippen LogP) is 2.53. The maximum absolute atomic E-state index is 12.0. The fourth-order valence-electron chi connectivity index (χ4n) is 2.57. The molecule has 4 N–H and O–H groups in total. The number of amides is 2. The van der Waals surface area contributed by atoms with E-state index in [9.17, 15) is 4.79 Å². The molecule has 1 aliphatic rings. The first-order valence-electron chi connectivity index (χ1n) is 7.17. The highest BCUT2D eigenvalue weighted by Gasteiger charge is 2.31. The third-order valence-corrected chi connectivity index (χ3v) is 3.57. The lowest BCUT2D eigenvalue weighted by Crippen LogP contribution is -2.59. The largest absolute Gasteiger partial charge is 0.334 e. The highest BCUT2D eigenvalue weighted by molar-refractivity contribution is 5.75. The Morgan fingerprint density at radius 1 is 1.11 bits per heavy atom. The van der Waals surface area contributed by atoms with Crippen molar-refractivity contribution in [1.82, 2.24) is 10.6 Å². The zero-order valence-electron chi connectivity index (χ0n) is 12.1. The van der Waals surface area contributed by atoms with Crippen LogP contribution in [-0.4, -0.2) is 23.7 Å². The summed E-state index contributed by atoms with van der Waals surface area (Å²) in [5.74, 6) is 0. The van der Waals surface area contributed by atoms with Crippen LogP contribution < -0.4 is 16.4 Å². The summed E-state index contributed by atoms with van der Waals surface area (Å²) in [6, 6.07) is -0.0893. The molecule has 1 saturated carbocycles. The van der Waals surface area contributed by atoms with E-state index < -0.39 is 0 Å². The Balaban J connectivity index is 2.59. The standard InChI is InChI=1S/C14H29N3O/c1-13(2,3)16-12(18)17-14(11-15)9-7-5-4-6-8-10-14/h4-11,15H2,1-3H3,(H2,16,17,18). The molecule has 0 bridgehead atoms. The van der Waals surface area contributed by atoms with Crippen LogP contribution >= 0.6 is 0 Å². The summed E-state index contributed by atoms with van der Waals surface area (Å²) in [4.78, 5) is 12.0. The van der Waals surface area contributed by atoms with E-state index in [0.29, 0.717) is 6.54 Å². The van der Waals surface area contributed by atoms with Crippen LogP contribution in [0.15, 0.2) is 0 Å². The Morgan fingerprint density at radius 2 is 1.61 bits per heavy atom. The van der Waals surface area contributed by atoms with Crippen LogP contribution in [0, 0.1) is 0 Å². The molecule has 0 aromatic rings. The quantitative estimate of drug-likeness (QED) is 0.710. The van der Waals surface area contributed by atoms with Crippen molar-refractivity contribution < 1.29 is 4.79 Å². The molecule has 1 aliphatic carbocycles. The number of urea groups is 1. The van der Waals surface area contributed by atoms with Gasteiger partial charge < -0.3 is 16.4 Å². The summed E-state index contributed by atoms with van der Waals surface area (Å²) in [5, 5.41) is 6.09. The Labute approximate surface area is 111 Å². The Bertz CT molecular complexity index is 263. The molecule has 0 aromatic carbocycles. The van der Waals surface area contributed by atoms with Gasteiger partial charge in [-0.3, -0.25) is 0 Å². The number of nitrogens with one attached hydrogen (secondary N) is 2. The molecule has 1 fully saturated rings. The van der Waals surface area contributed by atoms with E-state index in [1.54, 1.807) is 0 Å². The molecule has 0 atom stereocenters. The smallest absolute Gasteiger partial charge is 0.315 e. The number of carbonyl (C=O) groups excluding carboxylic acids is 1. The summed E-state index contributed by atoms with van der Waals surface area (Å²) in [6.45, 7) is 6.49. The van der Waals surface area contributed by atoms with Crippen LogP contribution in [0.2, 0.25) is 0 Å². The van der Waals surface area contributed by atoms with Gasteiger partial charge in [0.25, 0.3) is 0 Å². The van der Waals surface area contributed by atoms with Gasteiger partial charge in [0.1, 0.15) is 0 Å². The van der Waals surface area contributed by atoms with Gasteiger partial charge in [-0.15, -0.1) is 0 Å². The van der Waals surface area contributed by atoms with Gasteiger partial charge in [-0.05, 0) is 33.6 Å². The first-order valence-corrected chi connectivity index (χ1v) is 7.17. The fourth-order valence-corrected chi connectivity index (χ4v) is 2.57. The highest BCUT2D eigenvalue weighted by Crippen LogP contribution is 2.25. The molecule has 0 radical (unpaired) electrons. The van der Waals surface area contributed by atoms with Gasteiger partial charge in [0.05, 0.1) is 5.54 Å². The van der Waals surface area contributed by atoms with Crippen LogP contribution in [0.3, 0.4) is 0 Å². The van der Waals surface area contributed by atoms with Gasteiger partial charge in [-0.1, -0.05) is 32.1 Å². The van der Waals surface area contributed by atoms with Gasteiger partial charge >= 0.3 is 6.03 Å². The topological polar surface area (TPSA) is 67.2 Å². The molecule has 0 heterocycles. The Kier molecular flexibility index (Phi) is 5.45. The average Bonchev–Trinajstić information content (AvgIpc) is 2.19. The predicted molar refractivity (Wildman–Crippen MR) is 75.5 cm³/mol. The van der Waals surface area contributed by atoms with Crippen LogP contribution in [0.1, 0.15) is 65.7 Å². The second kappa shape index (κ2) is 6.41. The molecule has 0 unspecified atom stereocenters. The van der Waals surface area contributed by atoms with E-state index in [1.807, 2.05) is 20.8 Å². The molecule has 2 amide bonds. The van der Waals surface area contributed by atoms with Gasteiger partial charge in [0.2, 0.25) is 0 Å². The van der Waals surface area contributed by atoms with Crippen molar-refractivity contribution in [3.63, 3.8) is 0 Å². The van der Waals surface area contributed by atoms with E-state index in [1.165, 1.54) is 19.3 Å². The molecule has 0 spiro atoms. The minimum absolute atomic E-state index is 0.0893. The van der Waals surface area contributed by atoms with Crippen molar-refractivity contribution in [2.45, 2.75) is 76.8 Å². The normalized spacial score (nSPS) is 20.7. The van der Waals surface area contributed by atoms with Crippen LogP contribution in [0.4, 0.5) is 4.79 Å². The maximum Gasteiger partial charge on any atom is 0.315 e. The van der Waals surface area contributed by atoms with Gasteiger partial charge in [-0.2, -0.15) is 0 Å². The molecule has 1 rings (SSSR count). The van der Waals surface area contributed by atoms with E-state index in [-0.39, 0.29) is 17.1 Å². The number of carbonyl (C=O) groups is 1. The third-order valence-electron chi connectivity index (χ3n) is 3.57. The summed E-state index contributed by atoms with van der Waals surface area (Å²) >= 11 is 0. The van der Waals surface area contributed by atoms with E-state index in [0.717, 1.165) is 25.7 Å². The van der Waals surface area contributed by atoms with Crippen molar-refractivity contribution in [2.75, 3.05) is 6.54 Å². The lowest BCUT2D eigenvalue weighted by molar-refractivity contribution is 0.204. The lowest BCUT2D eigenvalue weighted by Gasteiger charge is -2.36. The lowest BCUT2D eigenvalue weighted by atomic mass is 9.84. The van der Waals surface area contributed by atoms with Crippen molar-refractivity contribution in [1.29, 1.82) is 0 Å². The Morgan fingerprint density at radius 3 is 2.06 bits per heavy atom. The molecule has 0 aliphatic heterocycles. The molecular formula is C14H29N3O. The molecule has 0 saturated heterocycles. The first-order chi connectivity index (χ1) is 8.37. The molecule has 4 heteroatoms. The molecule has 0 aromatic heterocycles. The van der Waals surface area contributed by atoms with E-state index >= 15 is 0 Å². The second-order valence-corrected chi connectivity index (χ2v) is 6.58. The van der Waals surface area contributed by atoms with Crippen molar-refractivity contribution >= 4 is 6.03 Å². The third kappa shape index (κ3) is 5.25. The Hall–Kier alpha value is -0.770. The van der Waals surface area contributed by atoms with E-state index in [2.05, 4.69) is 10.6 Å². The number of hydrogen-bond acceptors (Lipinski definition) is 2. The summed E-state index contributed by atoms with van der Waals surface area (Å²) < 4.78 is 0. The minimum atomic E-state index is -0.207. The van der Waals surface area contributed by atoms with Gasteiger partial charge in [0, 0.05) is 12.1 Å². The molecule has 4 nitrogen and oxygen atoms in total. The van der Waals surface area contributed by atoms with E-state index in [4.69, 9.17) is 5.73 Å². The molecule has 106 valence electrons. The highest BCUT2D eigenvalue weighted by atomic mass is 16.2. The average molecular weight is 255 g/mol. The van der Waals surface area contributed by atoms with Gasteiger partial charge in [-0.25, -0.2) is 4.79 Å². The summed E-state index contributed by atoms with van der Waals surface area (Å²) in [7, 11) is 0. The minimum Gasteiger partial charge on any atom is -0.334 e. The zero-order chi connectivity index (χ0) is 13.6.